The van der Waals surface area contributed by atoms with Crippen LogP contribution in [0.5, 0.6) is 0 Å². The zero-order valence-corrected chi connectivity index (χ0v) is 14.9. The quantitative estimate of drug-likeness (QED) is 0.642. The maximum Gasteiger partial charge on any atom is 0.258 e. The largest absolute Gasteiger partial charge is 0.351 e. The van der Waals surface area contributed by atoms with Crippen molar-refractivity contribution in [1.29, 1.82) is 0 Å². The summed E-state index contributed by atoms with van der Waals surface area (Å²) in [5, 5.41) is 16.5. The Morgan fingerprint density at radius 1 is 1.15 bits per heavy atom. The van der Waals surface area contributed by atoms with Crippen molar-refractivity contribution in [3.05, 3.63) is 24.0 Å². The summed E-state index contributed by atoms with van der Waals surface area (Å²) in [4.78, 5) is 8.59. The molecule has 0 aromatic carbocycles. The molecule has 5 rings (SSSR count). The van der Waals surface area contributed by atoms with E-state index in [1.165, 1.54) is 12.8 Å². The molecule has 1 saturated heterocycles. The summed E-state index contributed by atoms with van der Waals surface area (Å²) >= 11 is 0. The lowest BCUT2D eigenvalue weighted by molar-refractivity contribution is -0.174. The standard InChI is InChI=1S/C18H23F2N7/c19-18(20)8-12(3-5-17(18)9-21-10-17)23-16-22-6-4-14(25-16)24-15-7-13(26-27-15)11-1-2-11/h4,6-7,11-12,21H,1-3,5,8-10H2,(H3,22,23,24,25,26,27). The summed E-state index contributed by atoms with van der Waals surface area (Å²) < 4.78 is 29.1. The van der Waals surface area contributed by atoms with E-state index in [0.717, 1.165) is 5.69 Å². The van der Waals surface area contributed by atoms with Crippen LogP contribution in [-0.2, 0) is 0 Å². The normalized spacial score (nSPS) is 25.8. The number of halogens is 2. The highest BCUT2D eigenvalue weighted by Crippen LogP contribution is 2.50. The van der Waals surface area contributed by atoms with Gasteiger partial charge in [-0.1, -0.05) is 0 Å². The Balaban J connectivity index is 1.24. The number of hydrogen-bond acceptors (Lipinski definition) is 6. The molecule has 2 aliphatic carbocycles. The predicted molar refractivity (Wildman–Crippen MR) is 97.4 cm³/mol. The van der Waals surface area contributed by atoms with Crippen LogP contribution in [-0.4, -0.2) is 45.2 Å². The van der Waals surface area contributed by atoms with E-state index in [0.29, 0.717) is 49.4 Å². The van der Waals surface area contributed by atoms with Crippen LogP contribution >= 0.6 is 0 Å². The molecule has 1 aliphatic heterocycles. The van der Waals surface area contributed by atoms with E-state index in [9.17, 15) is 8.78 Å². The van der Waals surface area contributed by atoms with E-state index < -0.39 is 11.3 Å². The Labute approximate surface area is 155 Å². The fourth-order valence-electron chi connectivity index (χ4n) is 4.06. The SMILES string of the molecule is FC1(F)CC(Nc2nccc(Nc3cc(C4CC4)[nH]n3)n2)CCC12CNC2. The van der Waals surface area contributed by atoms with E-state index >= 15 is 0 Å². The Morgan fingerprint density at radius 2 is 2.00 bits per heavy atom. The molecule has 9 heteroatoms. The van der Waals surface area contributed by atoms with Gasteiger partial charge in [0.1, 0.15) is 5.82 Å². The van der Waals surface area contributed by atoms with Gasteiger partial charge in [-0.2, -0.15) is 10.1 Å². The van der Waals surface area contributed by atoms with Crippen molar-refractivity contribution in [3.63, 3.8) is 0 Å². The number of aromatic amines is 1. The first kappa shape index (κ1) is 16.9. The zero-order valence-electron chi connectivity index (χ0n) is 14.9. The third-order valence-electron chi connectivity index (χ3n) is 6.04. The summed E-state index contributed by atoms with van der Waals surface area (Å²) in [6, 6.07) is 3.40. The Kier molecular flexibility index (Phi) is 3.82. The van der Waals surface area contributed by atoms with Crippen LogP contribution in [0.4, 0.5) is 26.4 Å². The molecule has 3 fully saturated rings. The van der Waals surface area contributed by atoms with Gasteiger partial charge in [-0.3, -0.25) is 5.10 Å². The lowest BCUT2D eigenvalue weighted by Crippen LogP contribution is -2.65. The maximum atomic E-state index is 14.6. The molecule has 2 aromatic rings. The zero-order chi connectivity index (χ0) is 18.5. The van der Waals surface area contributed by atoms with Crippen molar-refractivity contribution in [3.8, 4) is 0 Å². The highest BCUT2D eigenvalue weighted by Gasteiger charge is 2.59. The number of nitrogens with one attached hydrogen (secondary N) is 4. The van der Waals surface area contributed by atoms with Crippen molar-refractivity contribution < 1.29 is 8.78 Å². The van der Waals surface area contributed by atoms with Gasteiger partial charge >= 0.3 is 0 Å². The molecule has 27 heavy (non-hydrogen) atoms. The first-order valence-corrected chi connectivity index (χ1v) is 9.54. The fraction of sp³-hybridized carbons (Fsp3) is 0.611. The summed E-state index contributed by atoms with van der Waals surface area (Å²) in [6.45, 7) is 0.824. The molecule has 7 nitrogen and oxygen atoms in total. The van der Waals surface area contributed by atoms with Gasteiger partial charge in [0.2, 0.25) is 5.95 Å². The van der Waals surface area contributed by atoms with Gasteiger partial charge in [-0.25, -0.2) is 13.8 Å². The molecule has 0 bridgehead atoms. The first-order valence-electron chi connectivity index (χ1n) is 9.54. The van der Waals surface area contributed by atoms with E-state index in [-0.39, 0.29) is 12.5 Å². The predicted octanol–water partition coefficient (Wildman–Crippen LogP) is 3.01. The third kappa shape index (κ3) is 3.13. The molecular weight excluding hydrogens is 352 g/mol. The number of anilines is 3. The van der Waals surface area contributed by atoms with Crippen molar-refractivity contribution in [1.82, 2.24) is 25.5 Å². The average molecular weight is 375 g/mol. The fourth-order valence-corrected chi connectivity index (χ4v) is 4.06. The van der Waals surface area contributed by atoms with Gasteiger partial charge in [0.25, 0.3) is 5.92 Å². The van der Waals surface area contributed by atoms with Crippen molar-refractivity contribution in [2.24, 2.45) is 5.41 Å². The first-order chi connectivity index (χ1) is 13.0. The summed E-state index contributed by atoms with van der Waals surface area (Å²) in [6.07, 6.45) is 5.05. The van der Waals surface area contributed by atoms with Gasteiger partial charge in [0, 0.05) is 49.4 Å². The number of alkyl halides is 2. The van der Waals surface area contributed by atoms with Crippen molar-refractivity contribution in [2.45, 2.75) is 50.0 Å². The molecule has 0 amide bonds. The van der Waals surface area contributed by atoms with Gasteiger partial charge < -0.3 is 16.0 Å². The number of rotatable bonds is 5. The maximum absolute atomic E-state index is 14.6. The minimum absolute atomic E-state index is 0.181. The number of aromatic nitrogens is 4. The highest BCUT2D eigenvalue weighted by molar-refractivity contribution is 5.53. The summed E-state index contributed by atoms with van der Waals surface area (Å²) in [5.74, 6) is -0.425. The lowest BCUT2D eigenvalue weighted by atomic mass is 9.65. The van der Waals surface area contributed by atoms with Crippen LogP contribution in [0.15, 0.2) is 18.3 Å². The lowest BCUT2D eigenvalue weighted by Gasteiger charge is -2.52. The molecule has 2 aromatic heterocycles. The molecule has 1 atom stereocenters. The molecule has 3 aliphatic rings. The molecule has 2 saturated carbocycles. The Hall–Kier alpha value is -2.29. The molecule has 4 N–H and O–H groups in total. The summed E-state index contributed by atoms with van der Waals surface area (Å²) in [7, 11) is 0. The summed E-state index contributed by atoms with van der Waals surface area (Å²) in [5.41, 5.74) is 0.281. The smallest absolute Gasteiger partial charge is 0.258 e. The molecule has 144 valence electrons. The topological polar surface area (TPSA) is 90.5 Å². The monoisotopic (exact) mass is 375 g/mol. The second-order valence-corrected chi connectivity index (χ2v) is 8.05. The van der Waals surface area contributed by atoms with E-state index in [1.54, 1.807) is 12.3 Å². The van der Waals surface area contributed by atoms with Crippen LogP contribution in [0.2, 0.25) is 0 Å². The molecular formula is C18H23F2N7. The number of H-pyrrole nitrogens is 1. The molecule has 0 radical (unpaired) electrons. The molecule has 1 unspecified atom stereocenters. The Morgan fingerprint density at radius 3 is 2.70 bits per heavy atom. The van der Waals surface area contributed by atoms with Gasteiger partial charge in [-0.05, 0) is 31.7 Å². The van der Waals surface area contributed by atoms with E-state index in [4.69, 9.17) is 0 Å². The van der Waals surface area contributed by atoms with Crippen LogP contribution in [0.25, 0.3) is 0 Å². The average Bonchev–Trinajstić information content (AvgIpc) is 3.33. The minimum Gasteiger partial charge on any atom is -0.351 e. The Bertz CT molecular complexity index is 829. The van der Waals surface area contributed by atoms with E-state index in [1.807, 2.05) is 6.07 Å². The second-order valence-electron chi connectivity index (χ2n) is 8.05. The van der Waals surface area contributed by atoms with Crippen molar-refractivity contribution >= 4 is 17.6 Å². The highest BCUT2D eigenvalue weighted by atomic mass is 19.3. The third-order valence-corrected chi connectivity index (χ3v) is 6.04. The number of nitrogens with zero attached hydrogens (tertiary/aromatic N) is 3. The van der Waals surface area contributed by atoms with Crippen molar-refractivity contribution in [2.75, 3.05) is 23.7 Å². The van der Waals surface area contributed by atoms with Crippen LogP contribution in [0.3, 0.4) is 0 Å². The van der Waals surface area contributed by atoms with Gasteiger partial charge in [-0.15, -0.1) is 0 Å². The van der Waals surface area contributed by atoms with Crippen LogP contribution in [0, 0.1) is 5.41 Å². The molecule has 1 spiro atoms. The number of hydrogen-bond donors (Lipinski definition) is 4. The van der Waals surface area contributed by atoms with Crippen LogP contribution < -0.4 is 16.0 Å². The van der Waals surface area contributed by atoms with Crippen LogP contribution in [0.1, 0.15) is 43.7 Å². The van der Waals surface area contributed by atoms with Gasteiger partial charge in [0.15, 0.2) is 5.82 Å². The second kappa shape index (κ2) is 6.12. The molecule has 3 heterocycles. The van der Waals surface area contributed by atoms with Gasteiger partial charge in [0.05, 0.1) is 5.41 Å². The minimum atomic E-state index is -2.67. The van der Waals surface area contributed by atoms with E-state index in [2.05, 4.69) is 36.1 Å².